The van der Waals surface area contributed by atoms with E-state index in [-0.39, 0.29) is 12.5 Å². The second kappa shape index (κ2) is 7.11. The van der Waals surface area contributed by atoms with Gasteiger partial charge in [0, 0.05) is 25.2 Å². The normalized spacial score (nSPS) is 18.3. The molecule has 1 aliphatic rings. The Balaban J connectivity index is 1.86. The summed E-state index contributed by atoms with van der Waals surface area (Å²) in [5.74, 6) is -0.477. The molecule has 1 aromatic rings. The van der Waals surface area contributed by atoms with Crippen molar-refractivity contribution in [1.82, 2.24) is 4.90 Å². The minimum atomic E-state index is -0.767. The van der Waals surface area contributed by atoms with Crippen LogP contribution in [0.1, 0.15) is 31.2 Å². The molecule has 0 aliphatic carbocycles. The predicted molar refractivity (Wildman–Crippen MR) is 81.4 cm³/mol. The summed E-state index contributed by atoms with van der Waals surface area (Å²) in [5, 5.41) is 11.6. The number of carboxylic acid groups (broad SMARTS) is 1. The van der Waals surface area contributed by atoms with Gasteiger partial charge in [0.05, 0.1) is 0 Å². The van der Waals surface area contributed by atoms with Gasteiger partial charge in [-0.05, 0) is 44.2 Å². The molecule has 2 N–H and O–H groups in total. The van der Waals surface area contributed by atoms with Crippen LogP contribution in [0, 0.1) is 12.8 Å². The molecule has 0 bridgehead atoms. The first-order valence-corrected chi connectivity index (χ1v) is 7.39. The standard InChI is InChI=1S/C16H22N2O3/c1-12-4-7-14(8-5-12)17-16(21)18-10-2-3-13(11-18)6-9-15(19)20/h4-5,7-8,13H,2-3,6,9-11H2,1H3,(H,17,21)(H,19,20)/t13-/m0/s1. The fraction of sp³-hybridized carbons (Fsp3) is 0.500. The molecule has 1 heterocycles. The van der Waals surface area contributed by atoms with E-state index in [1.54, 1.807) is 4.90 Å². The van der Waals surface area contributed by atoms with E-state index in [1.165, 1.54) is 0 Å². The highest BCUT2D eigenvalue weighted by atomic mass is 16.4. The number of nitrogens with zero attached hydrogens (tertiary/aromatic N) is 1. The van der Waals surface area contributed by atoms with Gasteiger partial charge in [0.25, 0.3) is 0 Å². The van der Waals surface area contributed by atoms with Crippen LogP contribution < -0.4 is 5.32 Å². The van der Waals surface area contributed by atoms with Gasteiger partial charge in [-0.3, -0.25) is 4.79 Å². The zero-order chi connectivity index (χ0) is 15.2. The fourth-order valence-corrected chi connectivity index (χ4v) is 2.65. The number of aliphatic carboxylic acids is 1. The van der Waals surface area contributed by atoms with Gasteiger partial charge in [0.15, 0.2) is 0 Å². The molecule has 0 aromatic heterocycles. The zero-order valence-electron chi connectivity index (χ0n) is 12.3. The summed E-state index contributed by atoms with van der Waals surface area (Å²) in [6, 6.07) is 7.60. The molecule has 0 spiro atoms. The first-order valence-electron chi connectivity index (χ1n) is 7.39. The number of urea groups is 1. The molecule has 1 aliphatic heterocycles. The number of rotatable bonds is 4. The third-order valence-electron chi connectivity index (χ3n) is 3.88. The maximum Gasteiger partial charge on any atom is 0.321 e. The van der Waals surface area contributed by atoms with Gasteiger partial charge < -0.3 is 15.3 Å². The largest absolute Gasteiger partial charge is 0.481 e. The molecule has 0 saturated carbocycles. The average Bonchev–Trinajstić information content (AvgIpc) is 2.48. The number of piperidine rings is 1. The van der Waals surface area contributed by atoms with Crippen LogP contribution in [-0.4, -0.2) is 35.1 Å². The quantitative estimate of drug-likeness (QED) is 0.895. The Hall–Kier alpha value is -2.04. The summed E-state index contributed by atoms with van der Waals surface area (Å²) < 4.78 is 0. The molecular weight excluding hydrogens is 268 g/mol. The molecule has 1 aromatic carbocycles. The molecule has 114 valence electrons. The number of anilines is 1. The summed E-state index contributed by atoms with van der Waals surface area (Å²) in [4.78, 5) is 24.7. The summed E-state index contributed by atoms with van der Waals surface area (Å²) in [6.07, 6.45) is 2.76. The highest BCUT2D eigenvalue weighted by Gasteiger charge is 2.24. The van der Waals surface area contributed by atoms with Gasteiger partial charge in [-0.2, -0.15) is 0 Å². The predicted octanol–water partition coefficient (Wildman–Crippen LogP) is 3.10. The van der Waals surface area contributed by atoms with Gasteiger partial charge in [0.1, 0.15) is 0 Å². The summed E-state index contributed by atoms with van der Waals surface area (Å²) in [7, 11) is 0. The van der Waals surface area contributed by atoms with E-state index < -0.39 is 5.97 Å². The van der Waals surface area contributed by atoms with Gasteiger partial charge in [-0.1, -0.05) is 17.7 Å². The highest BCUT2D eigenvalue weighted by Crippen LogP contribution is 2.21. The van der Waals surface area contributed by atoms with Crippen molar-refractivity contribution in [2.75, 3.05) is 18.4 Å². The first-order chi connectivity index (χ1) is 10.0. The van der Waals surface area contributed by atoms with E-state index in [4.69, 9.17) is 5.11 Å². The van der Waals surface area contributed by atoms with E-state index in [0.29, 0.717) is 18.9 Å². The van der Waals surface area contributed by atoms with E-state index in [2.05, 4.69) is 5.32 Å². The van der Waals surface area contributed by atoms with Gasteiger partial charge in [0.2, 0.25) is 0 Å². The van der Waals surface area contributed by atoms with Crippen molar-refractivity contribution in [2.24, 2.45) is 5.92 Å². The highest BCUT2D eigenvalue weighted by molar-refractivity contribution is 5.89. The lowest BCUT2D eigenvalue weighted by atomic mass is 9.93. The van der Waals surface area contributed by atoms with E-state index in [9.17, 15) is 9.59 Å². The van der Waals surface area contributed by atoms with Crippen molar-refractivity contribution in [2.45, 2.75) is 32.6 Å². The minimum absolute atomic E-state index is 0.0983. The fourth-order valence-electron chi connectivity index (χ4n) is 2.65. The lowest BCUT2D eigenvalue weighted by Crippen LogP contribution is -2.42. The van der Waals surface area contributed by atoms with Crippen molar-refractivity contribution in [1.29, 1.82) is 0 Å². The Morgan fingerprint density at radius 3 is 2.71 bits per heavy atom. The van der Waals surface area contributed by atoms with E-state index in [1.807, 2.05) is 31.2 Å². The number of likely N-dealkylation sites (tertiary alicyclic amines) is 1. The van der Waals surface area contributed by atoms with Crippen LogP contribution in [0.5, 0.6) is 0 Å². The molecule has 2 rings (SSSR count). The molecule has 5 nitrogen and oxygen atoms in total. The Bertz CT molecular complexity index is 499. The number of carboxylic acids is 1. The summed E-state index contributed by atoms with van der Waals surface area (Å²) in [5.41, 5.74) is 1.94. The number of hydrogen-bond donors (Lipinski definition) is 2. The molecule has 1 fully saturated rings. The van der Waals surface area contributed by atoms with Crippen molar-refractivity contribution >= 4 is 17.7 Å². The Kier molecular flexibility index (Phi) is 5.20. The number of amides is 2. The Morgan fingerprint density at radius 2 is 2.05 bits per heavy atom. The second-order valence-electron chi connectivity index (χ2n) is 5.68. The van der Waals surface area contributed by atoms with Crippen molar-refractivity contribution in [3.05, 3.63) is 29.8 Å². The Morgan fingerprint density at radius 1 is 1.33 bits per heavy atom. The number of carbonyl (C=O) groups is 2. The van der Waals surface area contributed by atoms with Gasteiger partial charge >= 0.3 is 12.0 Å². The van der Waals surface area contributed by atoms with Crippen LogP contribution >= 0.6 is 0 Å². The lowest BCUT2D eigenvalue weighted by molar-refractivity contribution is -0.137. The maximum atomic E-state index is 12.2. The van der Waals surface area contributed by atoms with Crippen molar-refractivity contribution in [3.8, 4) is 0 Å². The van der Waals surface area contributed by atoms with Crippen LogP contribution in [0.3, 0.4) is 0 Å². The molecule has 1 saturated heterocycles. The number of nitrogens with one attached hydrogen (secondary N) is 1. The van der Waals surface area contributed by atoms with Gasteiger partial charge in [-0.15, -0.1) is 0 Å². The summed E-state index contributed by atoms with van der Waals surface area (Å²) in [6.45, 7) is 3.38. The van der Waals surface area contributed by atoms with Crippen LogP contribution in [0.2, 0.25) is 0 Å². The zero-order valence-corrected chi connectivity index (χ0v) is 12.3. The number of benzene rings is 1. The van der Waals surface area contributed by atoms with Crippen molar-refractivity contribution < 1.29 is 14.7 Å². The molecule has 0 unspecified atom stereocenters. The first kappa shape index (κ1) is 15.4. The smallest absolute Gasteiger partial charge is 0.321 e. The molecule has 5 heteroatoms. The number of hydrogen-bond acceptors (Lipinski definition) is 2. The van der Waals surface area contributed by atoms with Gasteiger partial charge in [-0.25, -0.2) is 4.79 Å². The molecule has 0 radical (unpaired) electrons. The van der Waals surface area contributed by atoms with Crippen molar-refractivity contribution in [3.63, 3.8) is 0 Å². The number of aryl methyl sites for hydroxylation is 1. The van der Waals surface area contributed by atoms with Crippen LogP contribution in [-0.2, 0) is 4.79 Å². The van der Waals surface area contributed by atoms with E-state index >= 15 is 0 Å². The summed E-state index contributed by atoms with van der Waals surface area (Å²) >= 11 is 0. The van der Waals surface area contributed by atoms with E-state index in [0.717, 1.165) is 30.6 Å². The van der Waals surface area contributed by atoms with Crippen LogP contribution in [0.4, 0.5) is 10.5 Å². The molecule has 21 heavy (non-hydrogen) atoms. The molecule has 1 atom stereocenters. The molecule has 2 amide bonds. The second-order valence-corrected chi connectivity index (χ2v) is 5.68. The van der Waals surface area contributed by atoms with Crippen LogP contribution in [0.15, 0.2) is 24.3 Å². The minimum Gasteiger partial charge on any atom is -0.481 e. The average molecular weight is 290 g/mol. The molecular formula is C16H22N2O3. The third-order valence-corrected chi connectivity index (χ3v) is 3.88. The maximum absolute atomic E-state index is 12.2. The topological polar surface area (TPSA) is 69.6 Å². The lowest BCUT2D eigenvalue weighted by Gasteiger charge is -2.32. The third kappa shape index (κ3) is 4.77. The van der Waals surface area contributed by atoms with Crippen LogP contribution in [0.25, 0.3) is 0 Å². The Labute approximate surface area is 125 Å². The number of carbonyl (C=O) groups excluding carboxylic acids is 1. The monoisotopic (exact) mass is 290 g/mol. The SMILES string of the molecule is Cc1ccc(NC(=O)N2CCC[C@@H](CCC(=O)O)C2)cc1.